The van der Waals surface area contributed by atoms with Crippen LogP contribution in [0, 0.1) is 0 Å². The minimum Gasteiger partial charge on any atom is -0.300 e. The van der Waals surface area contributed by atoms with Crippen LogP contribution in [0.25, 0.3) is 0 Å². The minimum atomic E-state index is -3.09. The molecule has 0 spiro atoms. The minimum absolute atomic E-state index is 0.185. The molecule has 0 aliphatic carbocycles. The first-order valence-corrected chi connectivity index (χ1v) is 9.24. The van der Waals surface area contributed by atoms with E-state index in [9.17, 15) is 13.2 Å². The highest BCUT2D eigenvalue weighted by molar-refractivity contribution is 7.92. The van der Waals surface area contributed by atoms with Crippen molar-refractivity contribution < 1.29 is 13.2 Å². The first-order chi connectivity index (χ1) is 9.13. The molecule has 1 fully saturated rings. The zero-order valence-corrected chi connectivity index (χ0v) is 14.1. The summed E-state index contributed by atoms with van der Waals surface area (Å²) < 4.78 is 23.7. The predicted octanol–water partition coefficient (Wildman–Crippen LogP) is 2.42. The van der Waals surface area contributed by atoms with E-state index in [1.54, 1.807) is 27.7 Å². The average Bonchev–Trinajstić information content (AvgIpc) is 2.50. The van der Waals surface area contributed by atoms with Crippen molar-refractivity contribution in [2.45, 2.75) is 70.6 Å². The van der Waals surface area contributed by atoms with Gasteiger partial charge in [0.05, 0.1) is 10.5 Å². The molecule has 1 aliphatic rings. The molecule has 0 saturated carbocycles. The number of hydrogen-bond acceptors (Lipinski definition) is 4. The second-order valence-corrected chi connectivity index (χ2v) is 9.74. The highest BCUT2D eigenvalue weighted by atomic mass is 32.2. The molecule has 1 rings (SSSR count). The molecule has 0 amide bonds. The Bertz CT molecular complexity index is 423. The van der Waals surface area contributed by atoms with Crippen molar-refractivity contribution in [2.24, 2.45) is 0 Å². The summed E-state index contributed by atoms with van der Waals surface area (Å²) in [5.41, 5.74) is 0. The van der Waals surface area contributed by atoms with E-state index >= 15 is 0 Å². The monoisotopic (exact) mass is 303 g/mol. The van der Waals surface area contributed by atoms with Crippen LogP contribution < -0.4 is 0 Å². The van der Waals surface area contributed by atoms with Gasteiger partial charge < -0.3 is 0 Å². The van der Waals surface area contributed by atoms with Gasteiger partial charge in [-0.2, -0.15) is 0 Å². The lowest BCUT2D eigenvalue weighted by molar-refractivity contribution is -0.118. The molecule has 20 heavy (non-hydrogen) atoms. The molecule has 0 aromatic carbocycles. The summed E-state index contributed by atoms with van der Waals surface area (Å²) in [4.78, 5) is 13.6. The maximum absolute atomic E-state index is 12.2. The van der Waals surface area contributed by atoms with E-state index < -0.39 is 14.6 Å². The van der Waals surface area contributed by atoms with Crippen LogP contribution in [0.4, 0.5) is 0 Å². The van der Waals surface area contributed by atoms with E-state index in [2.05, 4.69) is 4.90 Å². The molecule has 1 unspecified atom stereocenters. The Hall–Kier alpha value is -0.420. The molecule has 1 aliphatic heterocycles. The Morgan fingerprint density at radius 3 is 2.40 bits per heavy atom. The Labute approximate surface area is 123 Å². The molecule has 118 valence electrons. The van der Waals surface area contributed by atoms with Crippen molar-refractivity contribution in [3.05, 3.63) is 0 Å². The van der Waals surface area contributed by atoms with Crippen molar-refractivity contribution in [1.82, 2.24) is 4.90 Å². The van der Waals surface area contributed by atoms with E-state index in [4.69, 9.17) is 0 Å². The van der Waals surface area contributed by atoms with Gasteiger partial charge in [-0.1, -0.05) is 12.8 Å². The smallest absolute Gasteiger partial charge is 0.156 e. The number of rotatable bonds is 5. The Kier molecular flexibility index (Phi) is 6.20. The largest absolute Gasteiger partial charge is 0.300 e. The number of sulfone groups is 1. The lowest BCUT2D eigenvalue weighted by atomic mass is 10.0. The van der Waals surface area contributed by atoms with E-state index in [1.165, 1.54) is 6.42 Å². The van der Waals surface area contributed by atoms with E-state index in [-0.39, 0.29) is 17.6 Å². The maximum atomic E-state index is 12.2. The van der Waals surface area contributed by atoms with E-state index in [1.807, 2.05) is 0 Å². The van der Waals surface area contributed by atoms with Gasteiger partial charge in [-0.25, -0.2) is 8.42 Å². The van der Waals surface area contributed by atoms with Crippen molar-refractivity contribution in [1.29, 1.82) is 0 Å². The number of hydrogen-bond donors (Lipinski definition) is 0. The summed E-state index contributed by atoms with van der Waals surface area (Å²) in [5, 5.41) is 0. The van der Waals surface area contributed by atoms with E-state index in [0.717, 1.165) is 25.8 Å². The van der Waals surface area contributed by atoms with Gasteiger partial charge in [0.2, 0.25) is 0 Å². The Balaban J connectivity index is 2.68. The number of ketones is 1. The summed E-state index contributed by atoms with van der Waals surface area (Å²) in [6.45, 7) is 8.33. The highest BCUT2D eigenvalue weighted by Gasteiger charge is 2.30. The summed E-state index contributed by atoms with van der Waals surface area (Å²) >= 11 is 0. The topological polar surface area (TPSA) is 54.5 Å². The Morgan fingerprint density at radius 2 is 1.85 bits per heavy atom. The molecular formula is C15H29NO3S. The van der Waals surface area contributed by atoms with Crippen molar-refractivity contribution in [2.75, 3.05) is 18.8 Å². The number of carbonyl (C=O) groups is 1. The molecule has 0 aromatic rings. The van der Waals surface area contributed by atoms with Crippen LogP contribution >= 0.6 is 0 Å². The normalized spacial score (nSPS) is 22.5. The molecular weight excluding hydrogens is 274 g/mol. The van der Waals surface area contributed by atoms with E-state index in [0.29, 0.717) is 13.0 Å². The summed E-state index contributed by atoms with van der Waals surface area (Å²) in [6.07, 6.45) is 4.98. The molecule has 0 N–H and O–H groups in total. The molecule has 0 aromatic heterocycles. The van der Waals surface area contributed by atoms with Crippen LogP contribution in [0.3, 0.4) is 0 Å². The van der Waals surface area contributed by atoms with Crippen molar-refractivity contribution in [3.8, 4) is 0 Å². The van der Waals surface area contributed by atoms with Crippen LogP contribution in [0.1, 0.15) is 59.8 Å². The van der Waals surface area contributed by atoms with Gasteiger partial charge in [-0.15, -0.1) is 0 Å². The van der Waals surface area contributed by atoms with Gasteiger partial charge >= 0.3 is 0 Å². The number of carbonyl (C=O) groups excluding carboxylic acids is 1. The zero-order valence-electron chi connectivity index (χ0n) is 13.3. The molecule has 0 radical (unpaired) electrons. The fourth-order valence-electron chi connectivity index (χ4n) is 2.64. The van der Waals surface area contributed by atoms with Crippen molar-refractivity contribution >= 4 is 15.6 Å². The van der Waals surface area contributed by atoms with Gasteiger partial charge in [0.25, 0.3) is 0 Å². The quantitative estimate of drug-likeness (QED) is 0.782. The average molecular weight is 303 g/mol. The number of likely N-dealkylation sites (tertiary alicyclic amines) is 1. The second kappa shape index (κ2) is 7.03. The SMILES string of the molecule is CC(=O)CC1CCCCCN1CCS(=O)(=O)C(C)(C)C. The van der Waals surface area contributed by atoms with Crippen LogP contribution in [0.15, 0.2) is 0 Å². The molecule has 1 saturated heterocycles. The third kappa shape index (κ3) is 5.17. The number of nitrogens with zero attached hydrogens (tertiary/aromatic N) is 1. The molecule has 5 heteroatoms. The first kappa shape index (κ1) is 17.6. The standard InChI is InChI=1S/C15H29NO3S/c1-13(17)12-14-8-6-5-7-9-16(14)10-11-20(18,19)15(2,3)4/h14H,5-12H2,1-4H3. The molecule has 1 atom stereocenters. The Morgan fingerprint density at radius 1 is 1.20 bits per heavy atom. The highest BCUT2D eigenvalue weighted by Crippen LogP contribution is 2.21. The fraction of sp³-hybridized carbons (Fsp3) is 0.933. The second-order valence-electron chi connectivity index (χ2n) is 6.88. The van der Waals surface area contributed by atoms with Crippen molar-refractivity contribution in [3.63, 3.8) is 0 Å². The van der Waals surface area contributed by atoms with Gasteiger partial charge in [0.15, 0.2) is 9.84 Å². The predicted molar refractivity (Wildman–Crippen MR) is 82.7 cm³/mol. The van der Waals surface area contributed by atoms with Gasteiger partial charge in [-0.3, -0.25) is 9.69 Å². The third-order valence-corrected chi connectivity index (χ3v) is 6.69. The molecule has 1 heterocycles. The lowest BCUT2D eigenvalue weighted by Gasteiger charge is -2.30. The van der Waals surface area contributed by atoms with Gasteiger partial charge in [0.1, 0.15) is 5.78 Å². The maximum Gasteiger partial charge on any atom is 0.156 e. The molecule has 4 nitrogen and oxygen atoms in total. The van der Waals surface area contributed by atoms with Crippen LogP contribution in [0.5, 0.6) is 0 Å². The third-order valence-electron chi connectivity index (χ3n) is 4.10. The van der Waals surface area contributed by atoms with Gasteiger partial charge in [-0.05, 0) is 47.1 Å². The summed E-state index contributed by atoms with van der Waals surface area (Å²) in [7, 11) is -3.09. The molecule has 0 bridgehead atoms. The lowest BCUT2D eigenvalue weighted by Crippen LogP contribution is -2.42. The zero-order chi connectivity index (χ0) is 15.4. The fourth-order valence-corrected chi connectivity index (χ4v) is 3.72. The first-order valence-electron chi connectivity index (χ1n) is 7.59. The van der Waals surface area contributed by atoms with Crippen LogP contribution in [-0.4, -0.2) is 48.7 Å². The van der Waals surface area contributed by atoms with Crippen LogP contribution in [0.2, 0.25) is 0 Å². The van der Waals surface area contributed by atoms with Crippen LogP contribution in [-0.2, 0) is 14.6 Å². The summed E-state index contributed by atoms with van der Waals surface area (Å²) in [6, 6.07) is 0.227. The number of Topliss-reactive ketones (excluding diaryl/α,β-unsaturated/α-hetero) is 1. The summed E-state index contributed by atoms with van der Waals surface area (Å²) in [5.74, 6) is 0.380. The van der Waals surface area contributed by atoms with Gasteiger partial charge in [0, 0.05) is 19.0 Å².